The van der Waals surface area contributed by atoms with Crippen molar-refractivity contribution in [1.82, 2.24) is 4.90 Å². The molecular weight excluding hydrogens is 249 g/mol. The van der Waals surface area contributed by atoms with Crippen molar-refractivity contribution in [3.05, 3.63) is 29.6 Å². The van der Waals surface area contributed by atoms with E-state index in [1.165, 1.54) is 12.1 Å². The maximum atomic E-state index is 13.0. The number of benzene rings is 1. The molecule has 0 spiro atoms. The molecule has 1 unspecified atom stereocenters. The quantitative estimate of drug-likeness (QED) is 0.842. The van der Waals surface area contributed by atoms with Gasteiger partial charge in [0.15, 0.2) is 0 Å². The fourth-order valence-electron chi connectivity index (χ4n) is 1.92. The molecule has 2 amide bonds. The van der Waals surface area contributed by atoms with E-state index in [4.69, 9.17) is 10.00 Å². The van der Waals surface area contributed by atoms with Gasteiger partial charge >= 0.3 is 6.03 Å². The van der Waals surface area contributed by atoms with Gasteiger partial charge in [-0.25, -0.2) is 9.18 Å². The number of nitriles is 1. The van der Waals surface area contributed by atoms with Crippen molar-refractivity contribution < 1.29 is 13.9 Å². The van der Waals surface area contributed by atoms with Crippen molar-refractivity contribution in [3.8, 4) is 6.07 Å². The third-order valence-electron chi connectivity index (χ3n) is 2.87. The Morgan fingerprint density at radius 2 is 2.42 bits per heavy atom. The number of carbonyl (C=O) groups is 1. The molecule has 6 heteroatoms. The third kappa shape index (κ3) is 3.20. The highest BCUT2D eigenvalue weighted by Gasteiger charge is 2.21. The van der Waals surface area contributed by atoms with Crippen molar-refractivity contribution in [1.29, 1.82) is 5.26 Å². The second-order valence-electron chi connectivity index (χ2n) is 4.36. The number of urea groups is 1. The van der Waals surface area contributed by atoms with Crippen LogP contribution in [-0.2, 0) is 4.74 Å². The minimum Gasteiger partial charge on any atom is -0.375 e. The first-order valence-electron chi connectivity index (χ1n) is 5.97. The molecule has 19 heavy (non-hydrogen) atoms. The van der Waals surface area contributed by atoms with E-state index in [9.17, 15) is 9.18 Å². The standard InChI is InChI=1S/C13H14FN3O2/c1-9-8-17(4-5-19-9)13(18)16-12-3-2-11(14)6-10(12)7-15/h2-3,6,9H,4-5,8H2,1H3,(H,16,18). The molecule has 1 heterocycles. The number of amides is 2. The lowest BCUT2D eigenvalue weighted by atomic mass is 10.2. The number of nitrogens with one attached hydrogen (secondary N) is 1. The number of morpholine rings is 1. The van der Waals surface area contributed by atoms with Gasteiger partial charge in [-0.3, -0.25) is 0 Å². The number of anilines is 1. The lowest BCUT2D eigenvalue weighted by molar-refractivity contribution is -0.00138. The Hall–Kier alpha value is -2.13. The minimum atomic E-state index is -0.505. The molecule has 1 aromatic rings. The summed E-state index contributed by atoms with van der Waals surface area (Å²) in [6.45, 7) is 3.37. The maximum Gasteiger partial charge on any atom is 0.322 e. The molecule has 5 nitrogen and oxygen atoms in total. The van der Waals surface area contributed by atoms with Crippen LogP contribution in [0.1, 0.15) is 12.5 Å². The Labute approximate surface area is 110 Å². The van der Waals surface area contributed by atoms with E-state index in [0.29, 0.717) is 25.4 Å². The van der Waals surface area contributed by atoms with Gasteiger partial charge in [0.25, 0.3) is 0 Å². The summed E-state index contributed by atoms with van der Waals surface area (Å²) >= 11 is 0. The summed E-state index contributed by atoms with van der Waals surface area (Å²) in [5.41, 5.74) is 0.419. The number of halogens is 1. The number of nitrogens with zero attached hydrogens (tertiary/aromatic N) is 2. The van der Waals surface area contributed by atoms with Crippen LogP contribution < -0.4 is 5.32 Å². The summed E-state index contributed by atoms with van der Waals surface area (Å²) in [5, 5.41) is 11.5. The van der Waals surface area contributed by atoms with Gasteiger partial charge in [0.05, 0.1) is 24.0 Å². The molecule has 1 aliphatic heterocycles. The molecule has 1 N–H and O–H groups in total. The average Bonchev–Trinajstić information content (AvgIpc) is 2.40. The van der Waals surface area contributed by atoms with Crippen molar-refractivity contribution in [2.24, 2.45) is 0 Å². The number of hydrogen-bond acceptors (Lipinski definition) is 3. The van der Waals surface area contributed by atoms with Gasteiger partial charge < -0.3 is 15.0 Å². The first kappa shape index (κ1) is 13.3. The topological polar surface area (TPSA) is 65.4 Å². The second kappa shape index (κ2) is 5.67. The molecular formula is C13H14FN3O2. The Bertz CT molecular complexity index is 527. The van der Waals surface area contributed by atoms with Crippen LogP contribution in [0.25, 0.3) is 0 Å². The summed E-state index contributed by atoms with van der Waals surface area (Å²) in [7, 11) is 0. The molecule has 0 saturated carbocycles. The fourth-order valence-corrected chi connectivity index (χ4v) is 1.92. The normalized spacial score (nSPS) is 18.8. The van der Waals surface area contributed by atoms with E-state index in [2.05, 4.69) is 5.32 Å². The lowest BCUT2D eigenvalue weighted by Crippen LogP contribution is -2.46. The number of hydrogen-bond donors (Lipinski definition) is 1. The van der Waals surface area contributed by atoms with Crippen molar-refractivity contribution in [2.75, 3.05) is 25.0 Å². The van der Waals surface area contributed by atoms with Crippen LogP contribution in [0.2, 0.25) is 0 Å². The Morgan fingerprint density at radius 3 is 3.11 bits per heavy atom. The van der Waals surface area contributed by atoms with Gasteiger partial charge in [0.1, 0.15) is 11.9 Å². The van der Waals surface area contributed by atoms with Crippen molar-refractivity contribution in [3.63, 3.8) is 0 Å². The van der Waals surface area contributed by atoms with Gasteiger partial charge in [-0.1, -0.05) is 0 Å². The van der Waals surface area contributed by atoms with Crippen molar-refractivity contribution >= 4 is 11.7 Å². The first-order chi connectivity index (χ1) is 9.10. The van der Waals surface area contributed by atoms with Crippen molar-refractivity contribution in [2.45, 2.75) is 13.0 Å². The zero-order valence-electron chi connectivity index (χ0n) is 10.5. The van der Waals surface area contributed by atoms with Crippen LogP contribution in [0.5, 0.6) is 0 Å². The van der Waals surface area contributed by atoms with Crippen LogP contribution >= 0.6 is 0 Å². The zero-order chi connectivity index (χ0) is 13.8. The molecule has 2 rings (SSSR count). The van der Waals surface area contributed by atoms with Crippen LogP contribution in [-0.4, -0.2) is 36.7 Å². The van der Waals surface area contributed by atoms with E-state index in [-0.39, 0.29) is 17.7 Å². The van der Waals surface area contributed by atoms with Gasteiger partial charge in [-0.2, -0.15) is 5.26 Å². The van der Waals surface area contributed by atoms with E-state index in [1.54, 1.807) is 4.90 Å². The summed E-state index contributed by atoms with van der Waals surface area (Å²) in [4.78, 5) is 13.6. The second-order valence-corrected chi connectivity index (χ2v) is 4.36. The summed E-state index contributed by atoms with van der Waals surface area (Å²) < 4.78 is 18.3. The molecule has 0 bridgehead atoms. The zero-order valence-corrected chi connectivity index (χ0v) is 10.5. The maximum absolute atomic E-state index is 13.0. The molecule has 1 saturated heterocycles. The smallest absolute Gasteiger partial charge is 0.322 e. The Kier molecular flexibility index (Phi) is 3.97. The van der Waals surface area contributed by atoms with Gasteiger partial charge in [0.2, 0.25) is 0 Å². The minimum absolute atomic E-state index is 0.0110. The van der Waals surface area contributed by atoms with E-state index < -0.39 is 5.82 Å². The first-order valence-corrected chi connectivity index (χ1v) is 5.97. The van der Waals surface area contributed by atoms with E-state index in [1.807, 2.05) is 13.0 Å². The average molecular weight is 263 g/mol. The van der Waals surface area contributed by atoms with E-state index in [0.717, 1.165) is 6.07 Å². The van der Waals surface area contributed by atoms with Crippen LogP contribution in [0.3, 0.4) is 0 Å². The van der Waals surface area contributed by atoms with E-state index >= 15 is 0 Å². The summed E-state index contributed by atoms with van der Waals surface area (Å²) in [6.07, 6.45) is -0.0110. The number of rotatable bonds is 1. The Morgan fingerprint density at radius 1 is 1.63 bits per heavy atom. The van der Waals surface area contributed by atoms with Gasteiger partial charge in [-0.15, -0.1) is 0 Å². The molecule has 0 radical (unpaired) electrons. The fraction of sp³-hybridized carbons (Fsp3) is 0.385. The largest absolute Gasteiger partial charge is 0.375 e. The van der Waals surface area contributed by atoms with Gasteiger partial charge in [-0.05, 0) is 25.1 Å². The van der Waals surface area contributed by atoms with Crippen LogP contribution in [0.4, 0.5) is 14.9 Å². The molecule has 0 aromatic heterocycles. The molecule has 1 aromatic carbocycles. The predicted molar refractivity (Wildman–Crippen MR) is 67.1 cm³/mol. The summed E-state index contributed by atoms with van der Waals surface area (Å²) in [5.74, 6) is -0.505. The SMILES string of the molecule is CC1CN(C(=O)Nc2ccc(F)cc2C#N)CCO1. The predicted octanol–water partition coefficient (Wildman–Crippen LogP) is 1.95. The highest BCUT2D eigenvalue weighted by Crippen LogP contribution is 2.17. The number of carbonyl (C=O) groups excluding carboxylic acids is 1. The highest BCUT2D eigenvalue weighted by atomic mass is 19.1. The molecule has 100 valence electrons. The molecule has 1 atom stereocenters. The lowest BCUT2D eigenvalue weighted by Gasteiger charge is -2.31. The molecule has 0 aliphatic carbocycles. The van der Waals surface area contributed by atoms with Gasteiger partial charge in [0, 0.05) is 13.1 Å². The Balaban J connectivity index is 2.08. The third-order valence-corrected chi connectivity index (χ3v) is 2.87. The summed E-state index contributed by atoms with van der Waals surface area (Å²) in [6, 6.07) is 5.23. The van der Waals surface area contributed by atoms with Crippen LogP contribution in [0, 0.1) is 17.1 Å². The monoisotopic (exact) mass is 263 g/mol. The highest BCUT2D eigenvalue weighted by molar-refractivity contribution is 5.90. The molecule has 1 aliphatic rings. The molecule has 1 fully saturated rings. The number of ether oxygens (including phenoxy) is 1. The van der Waals surface area contributed by atoms with Crippen LogP contribution in [0.15, 0.2) is 18.2 Å².